The van der Waals surface area contributed by atoms with Gasteiger partial charge in [-0.25, -0.2) is 14.5 Å². The molecule has 0 saturated heterocycles. The Morgan fingerprint density at radius 3 is 2.69 bits per heavy atom. The Labute approximate surface area is 171 Å². The molecule has 7 nitrogen and oxygen atoms in total. The summed E-state index contributed by atoms with van der Waals surface area (Å²) in [6.07, 6.45) is 1.39. The summed E-state index contributed by atoms with van der Waals surface area (Å²) in [4.78, 5) is 23.8. The number of hydrogen-bond acceptors (Lipinski definition) is 4. The molecule has 0 aliphatic carbocycles. The first kappa shape index (κ1) is 20.2. The predicted molar refractivity (Wildman–Crippen MR) is 108 cm³/mol. The number of carbonyl (C=O) groups excluding carboxylic acids is 2. The molecule has 0 spiro atoms. The number of halogens is 2. The number of nitrogens with zero attached hydrogens (tertiary/aromatic N) is 3. The molecule has 3 rings (SSSR count). The first-order valence-corrected chi connectivity index (χ1v) is 8.99. The molecule has 0 fully saturated rings. The highest BCUT2D eigenvalue weighted by molar-refractivity contribution is 6.32. The van der Waals surface area contributed by atoms with Crippen LogP contribution in [0.5, 0.6) is 0 Å². The van der Waals surface area contributed by atoms with Crippen molar-refractivity contribution in [2.45, 2.75) is 6.92 Å². The average molecular weight is 414 g/mol. The summed E-state index contributed by atoms with van der Waals surface area (Å²) in [7, 11) is 0. The van der Waals surface area contributed by atoms with E-state index >= 15 is 0 Å². The van der Waals surface area contributed by atoms with Crippen molar-refractivity contribution in [3.8, 4) is 5.69 Å². The molecule has 3 aromatic rings. The number of rotatable bonds is 6. The Hall–Kier alpha value is -3.52. The van der Waals surface area contributed by atoms with Gasteiger partial charge in [-0.2, -0.15) is 10.2 Å². The molecule has 2 amide bonds. The Bertz CT molecular complexity index is 1070. The van der Waals surface area contributed by atoms with Crippen molar-refractivity contribution < 1.29 is 14.0 Å². The maximum atomic E-state index is 13.1. The average Bonchev–Trinajstić information content (AvgIpc) is 3.01. The molecule has 2 N–H and O–H groups in total. The van der Waals surface area contributed by atoms with Crippen LogP contribution in [0.4, 0.5) is 4.39 Å². The van der Waals surface area contributed by atoms with Gasteiger partial charge in [-0.05, 0) is 37.3 Å². The van der Waals surface area contributed by atoms with E-state index < -0.39 is 17.6 Å². The molecule has 0 aliphatic rings. The van der Waals surface area contributed by atoms with Crippen LogP contribution in [0.15, 0.2) is 59.7 Å². The number of carbonyl (C=O) groups is 2. The molecule has 1 aromatic heterocycles. The largest absolute Gasteiger partial charge is 0.343 e. The van der Waals surface area contributed by atoms with Crippen LogP contribution in [0, 0.1) is 12.7 Å². The Morgan fingerprint density at radius 1 is 1.21 bits per heavy atom. The van der Waals surface area contributed by atoms with Gasteiger partial charge in [0.15, 0.2) is 0 Å². The molecular weight excluding hydrogens is 397 g/mol. The highest BCUT2D eigenvalue weighted by atomic mass is 35.5. The Kier molecular flexibility index (Phi) is 6.36. The van der Waals surface area contributed by atoms with Crippen molar-refractivity contribution in [1.82, 2.24) is 20.5 Å². The molecule has 0 aliphatic heterocycles. The van der Waals surface area contributed by atoms with Crippen molar-refractivity contribution in [2.24, 2.45) is 5.10 Å². The SMILES string of the molecule is Cc1nn(-c2ccccc2)c(Cl)c1/C=N/NC(=O)CNC(=O)c1cccc(F)c1. The van der Waals surface area contributed by atoms with Crippen LogP contribution in [0.25, 0.3) is 5.69 Å². The van der Waals surface area contributed by atoms with Gasteiger partial charge in [0.2, 0.25) is 0 Å². The number of para-hydroxylation sites is 1. The van der Waals surface area contributed by atoms with Crippen molar-refractivity contribution in [1.29, 1.82) is 0 Å². The summed E-state index contributed by atoms with van der Waals surface area (Å²) in [5, 5.41) is 11.0. The van der Waals surface area contributed by atoms with Gasteiger partial charge < -0.3 is 5.32 Å². The predicted octanol–water partition coefficient (Wildman–Crippen LogP) is 2.85. The molecular formula is C20H17ClFN5O2. The van der Waals surface area contributed by atoms with Crippen LogP contribution in [0.1, 0.15) is 21.6 Å². The zero-order chi connectivity index (χ0) is 20.8. The minimum absolute atomic E-state index is 0.122. The molecule has 0 bridgehead atoms. The van der Waals surface area contributed by atoms with Gasteiger partial charge in [0.1, 0.15) is 11.0 Å². The molecule has 0 radical (unpaired) electrons. The van der Waals surface area contributed by atoms with Crippen molar-refractivity contribution in [2.75, 3.05) is 6.54 Å². The maximum absolute atomic E-state index is 13.1. The van der Waals surface area contributed by atoms with Crippen LogP contribution >= 0.6 is 11.6 Å². The van der Waals surface area contributed by atoms with E-state index in [1.54, 1.807) is 11.6 Å². The quantitative estimate of drug-likeness (QED) is 0.481. The molecule has 0 unspecified atom stereocenters. The molecule has 9 heteroatoms. The number of aryl methyl sites for hydroxylation is 1. The zero-order valence-corrected chi connectivity index (χ0v) is 16.2. The summed E-state index contributed by atoms with van der Waals surface area (Å²) in [5.41, 5.74) is 4.41. The van der Waals surface area contributed by atoms with Gasteiger partial charge in [-0.3, -0.25) is 9.59 Å². The monoisotopic (exact) mass is 413 g/mol. The molecule has 2 aromatic carbocycles. The normalized spacial score (nSPS) is 10.9. The highest BCUT2D eigenvalue weighted by Crippen LogP contribution is 2.21. The lowest BCUT2D eigenvalue weighted by Gasteiger charge is -2.04. The van der Waals surface area contributed by atoms with Crippen molar-refractivity contribution in [3.63, 3.8) is 0 Å². The summed E-state index contributed by atoms with van der Waals surface area (Å²) >= 11 is 6.37. The fourth-order valence-corrected chi connectivity index (χ4v) is 2.82. The van der Waals surface area contributed by atoms with E-state index in [2.05, 4.69) is 20.9 Å². The number of hydrazone groups is 1. The third-order valence-electron chi connectivity index (χ3n) is 3.93. The third-order valence-corrected chi connectivity index (χ3v) is 4.29. The van der Waals surface area contributed by atoms with E-state index in [9.17, 15) is 14.0 Å². The molecule has 0 saturated carbocycles. The smallest absolute Gasteiger partial charge is 0.259 e. The highest BCUT2D eigenvalue weighted by Gasteiger charge is 2.13. The number of aromatic nitrogens is 2. The van der Waals surface area contributed by atoms with E-state index in [0.717, 1.165) is 11.8 Å². The lowest BCUT2D eigenvalue weighted by atomic mass is 10.2. The van der Waals surface area contributed by atoms with Gasteiger partial charge in [0.05, 0.1) is 29.7 Å². The second-order valence-corrected chi connectivity index (χ2v) is 6.38. The Balaban J connectivity index is 1.58. The fourth-order valence-electron chi connectivity index (χ4n) is 2.50. The van der Waals surface area contributed by atoms with Crippen molar-refractivity contribution in [3.05, 3.63) is 82.4 Å². The minimum Gasteiger partial charge on any atom is -0.343 e. The first-order chi connectivity index (χ1) is 14.0. The van der Waals surface area contributed by atoms with Crippen LogP contribution in [0.3, 0.4) is 0 Å². The molecule has 29 heavy (non-hydrogen) atoms. The second-order valence-electron chi connectivity index (χ2n) is 6.02. The van der Waals surface area contributed by atoms with Crippen LogP contribution in [-0.4, -0.2) is 34.4 Å². The zero-order valence-electron chi connectivity index (χ0n) is 15.4. The summed E-state index contributed by atoms with van der Waals surface area (Å²) in [6, 6.07) is 14.5. The van der Waals surface area contributed by atoms with Gasteiger partial charge in [0.25, 0.3) is 11.8 Å². The van der Waals surface area contributed by atoms with Gasteiger partial charge in [-0.15, -0.1) is 0 Å². The number of amides is 2. The minimum atomic E-state index is -0.563. The molecule has 148 valence electrons. The second kappa shape index (κ2) is 9.11. The molecule has 0 atom stereocenters. The summed E-state index contributed by atoms with van der Waals surface area (Å²) < 4.78 is 14.7. The first-order valence-electron chi connectivity index (χ1n) is 8.62. The lowest BCUT2D eigenvalue weighted by Crippen LogP contribution is -2.34. The van der Waals surface area contributed by atoms with Crippen molar-refractivity contribution >= 4 is 29.6 Å². The van der Waals surface area contributed by atoms with Crippen LogP contribution < -0.4 is 10.7 Å². The topological polar surface area (TPSA) is 88.4 Å². The lowest BCUT2D eigenvalue weighted by molar-refractivity contribution is -0.120. The molecule has 1 heterocycles. The Morgan fingerprint density at radius 2 is 1.97 bits per heavy atom. The maximum Gasteiger partial charge on any atom is 0.259 e. The number of nitrogens with one attached hydrogen (secondary N) is 2. The van der Waals surface area contributed by atoms with E-state index in [1.807, 2.05) is 30.3 Å². The number of hydrogen-bond donors (Lipinski definition) is 2. The van der Waals surface area contributed by atoms with Crippen LogP contribution in [-0.2, 0) is 4.79 Å². The van der Waals surface area contributed by atoms with E-state index in [0.29, 0.717) is 16.4 Å². The van der Waals surface area contributed by atoms with Crippen LogP contribution in [0.2, 0.25) is 5.15 Å². The van der Waals surface area contributed by atoms with Gasteiger partial charge in [0, 0.05) is 5.56 Å². The van der Waals surface area contributed by atoms with E-state index in [-0.39, 0.29) is 12.1 Å². The van der Waals surface area contributed by atoms with E-state index in [1.165, 1.54) is 24.4 Å². The number of benzene rings is 2. The summed E-state index contributed by atoms with van der Waals surface area (Å²) in [6.45, 7) is 1.45. The summed E-state index contributed by atoms with van der Waals surface area (Å²) in [5.74, 6) is -1.64. The van der Waals surface area contributed by atoms with Gasteiger partial charge >= 0.3 is 0 Å². The van der Waals surface area contributed by atoms with Gasteiger partial charge in [-0.1, -0.05) is 35.9 Å². The standard InChI is InChI=1S/C20H17ClFN5O2/c1-13-17(19(21)27(26-13)16-8-3-2-4-9-16)11-24-25-18(28)12-23-20(29)14-6-5-7-15(22)10-14/h2-11H,12H2,1H3,(H,23,29)(H,25,28)/b24-11+. The third kappa shape index (κ3) is 5.05. The fraction of sp³-hybridized carbons (Fsp3) is 0.100. The van der Waals surface area contributed by atoms with E-state index in [4.69, 9.17) is 11.6 Å².